The Morgan fingerprint density at radius 2 is 2.10 bits per heavy atom. The molecule has 0 saturated carbocycles. The molecule has 3 rings (SSSR count). The summed E-state index contributed by atoms with van der Waals surface area (Å²) in [6.45, 7) is 1.81. The van der Waals surface area contributed by atoms with Crippen molar-refractivity contribution >= 4 is 5.65 Å². The molecule has 1 atom stereocenters. The largest absolute Gasteiger partial charge is 0.469 e. The van der Waals surface area contributed by atoms with Crippen molar-refractivity contribution in [3.8, 4) is 11.9 Å². The molecule has 0 aliphatic heterocycles. The first-order chi connectivity index (χ1) is 10.2. The number of ether oxygens (including phenoxy) is 1. The van der Waals surface area contributed by atoms with Gasteiger partial charge in [0, 0.05) is 0 Å². The van der Waals surface area contributed by atoms with Crippen molar-refractivity contribution in [1.82, 2.24) is 14.4 Å². The van der Waals surface area contributed by atoms with E-state index >= 15 is 0 Å². The van der Waals surface area contributed by atoms with Gasteiger partial charge in [-0.2, -0.15) is 5.26 Å². The van der Waals surface area contributed by atoms with Crippen molar-refractivity contribution < 1.29 is 9.13 Å². The molecule has 3 heterocycles. The Labute approximate surface area is 120 Å². The van der Waals surface area contributed by atoms with E-state index in [2.05, 4.69) is 16.0 Å². The summed E-state index contributed by atoms with van der Waals surface area (Å²) in [5, 5.41) is 9.11. The SMILES string of the molecule is CC(Oc1cccc2ncc(C#N)n12)c1ccc(F)cn1. The van der Waals surface area contributed by atoms with Crippen LogP contribution < -0.4 is 4.74 Å². The molecule has 0 aromatic carbocycles. The second-order valence-electron chi connectivity index (χ2n) is 4.47. The Kier molecular flexibility index (Phi) is 3.24. The van der Waals surface area contributed by atoms with Gasteiger partial charge in [-0.25, -0.2) is 9.37 Å². The molecule has 0 fully saturated rings. The molecule has 0 aliphatic carbocycles. The van der Waals surface area contributed by atoms with Crippen molar-refractivity contribution in [2.45, 2.75) is 13.0 Å². The van der Waals surface area contributed by atoms with Crippen LogP contribution in [0.25, 0.3) is 5.65 Å². The number of halogens is 1. The third kappa shape index (κ3) is 2.41. The molecular formula is C15H11FN4O. The average molecular weight is 282 g/mol. The normalized spacial score (nSPS) is 12.0. The molecule has 5 nitrogen and oxygen atoms in total. The second-order valence-corrected chi connectivity index (χ2v) is 4.47. The van der Waals surface area contributed by atoms with E-state index in [4.69, 9.17) is 10.00 Å². The van der Waals surface area contributed by atoms with Gasteiger partial charge in [-0.1, -0.05) is 6.07 Å². The van der Waals surface area contributed by atoms with E-state index in [0.29, 0.717) is 22.9 Å². The minimum atomic E-state index is -0.394. The van der Waals surface area contributed by atoms with Crippen LogP contribution in [0.4, 0.5) is 4.39 Å². The Bertz CT molecular complexity index is 820. The maximum absolute atomic E-state index is 12.9. The van der Waals surface area contributed by atoms with E-state index in [1.54, 1.807) is 28.7 Å². The van der Waals surface area contributed by atoms with Crippen LogP contribution in [0.5, 0.6) is 5.88 Å². The number of fused-ring (bicyclic) bond motifs is 1. The van der Waals surface area contributed by atoms with Gasteiger partial charge in [-0.05, 0) is 31.2 Å². The summed E-state index contributed by atoms with van der Waals surface area (Å²) < 4.78 is 20.4. The highest BCUT2D eigenvalue weighted by atomic mass is 19.1. The lowest BCUT2D eigenvalue weighted by Crippen LogP contribution is -2.08. The lowest BCUT2D eigenvalue weighted by atomic mass is 10.2. The van der Waals surface area contributed by atoms with Gasteiger partial charge < -0.3 is 4.74 Å². The molecule has 0 spiro atoms. The highest BCUT2D eigenvalue weighted by molar-refractivity contribution is 5.47. The monoisotopic (exact) mass is 282 g/mol. The molecule has 3 aromatic rings. The fraction of sp³-hybridized carbons (Fsp3) is 0.133. The van der Waals surface area contributed by atoms with E-state index in [0.717, 1.165) is 6.20 Å². The molecule has 0 saturated heterocycles. The molecule has 0 N–H and O–H groups in total. The van der Waals surface area contributed by atoms with Gasteiger partial charge in [0.1, 0.15) is 29.3 Å². The maximum Gasteiger partial charge on any atom is 0.201 e. The third-order valence-corrected chi connectivity index (χ3v) is 3.07. The Balaban J connectivity index is 1.96. The quantitative estimate of drug-likeness (QED) is 0.741. The van der Waals surface area contributed by atoms with Gasteiger partial charge >= 0.3 is 0 Å². The Morgan fingerprint density at radius 3 is 2.81 bits per heavy atom. The van der Waals surface area contributed by atoms with Gasteiger partial charge in [0.25, 0.3) is 0 Å². The minimum Gasteiger partial charge on any atom is -0.469 e. The fourth-order valence-electron chi connectivity index (χ4n) is 2.05. The Morgan fingerprint density at radius 1 is 1.24 bits per heavy atom. The third-order valence-electron chi connectivity index (χ3n) is 3.07. The summed E-state index contributed by atoms with van der Waals surface area (Å²) in [7, 11) is 0. The Hall–Kier alpha value is -2.94. The van der Waals surface area contributed by atoms with Gasteiger partial charge in [-0.3, -0.25) is 9.38 Å². The van der Waals surface area contributed by atoms with Crippen LogP contribution in [0.3, 0.4) is 0 Å². The van der Waals surface area contributed by atoms with Crippen molar-refractivity contribution in [2.75, 3.05) is 0 Å². The van der Waals surface area contributed by atoms with Crippen LogP contribution in [0.15, 0.2) is 42.7 Å². The zero-order valence-corrected chi connectivity index (χ0v) is 11.2. The highest BCUT2D eigenvalue weighted by Crippen LogP contribution is 2.23. The fourth-order valence-corrected chi connectivity index (χ4v) is 2.05. The van der Waals surface area contributed by atoms with E-state index in [9.17, 15) is 4.39 Å². The van der Waals surface area contributed by atoms with Crippen molar-refractivity contribution in [2.24, 2.45) is 0 Å². The number of hydrogen-bond donors (Lipinski definition) is 0. The number of nitriles is 1. The number of hydrogen-bond acceptors (Lipinski definition) is 4. The number of nitrogens with zero attached hydrogens (tertiary/aromatic N) is 4. The second kappa shape index (κ2) is 5.21. The first kappa shape index (κ1) is 13.1. The molecule has 3 aromatic heterocycles. The number of imidazole rings is 1. The predicted octanol–water partition coefficient (Wildman–Crippen LogP) is 2.88. The first-order valence-electron chi connectivity index (χ1n) is 6.33. The van der Waals surface area contributed by atoms with Gasteiger partial charge in [-0.15, -0.1) is 0 Å². The van der Waals surface area contributed by atoms with Crippen LogP contribution in [0.2, 0.25) is 0 Å². The van der Waals surface area contributed by atoms with E-state index in [1.165, 1.54) is 12.3 Å². The summed E-state index contributed by atoms with van der Waals surface area (Å²) in [6, 6.07) is 10.3. The zero-order valence-electron chi connectivity index (χ0n) is 11.2. The minimum absolute atomic E-state index is 0.384. The molecule has 6 heteroatoms. The summed E-state index contributed by atoms with van der Waals surface area (Å²) in [5.41, 5.74) is 1.62. The standard InChI is InChI=1S/C15H11FN4O/c1-10(13-6-5-11(16)8-18-13)21-15-4-2-3-14-19-9-12(7-17)20(14)15/h2-6,8-10H,1H3. The number of aromatic nitrogens is 3. The van der Waals surface area contributed by atoms with Crippen LogP contribution in [-0.2, 0) is 0 Å². The van der Waals surface area contributed by atoms with Crippen molar-refractivity contribution in [3.05, 3.63) is 59.9 Å². The smallest absolute Gasteiger partial charge is 0.201 e. The van der Waals surface area contributed by atoms with Gasteiger partial charge in [0.2, 0.25) is 5.88 Å². The zero-order chi connectivity index (χ0) is 14.8. The highest BCUT2D eigenvalue weighted by Gasteiger charge is 2.13. The van der Waals surface area contributed by atoms with Crippen molar-refractivity contribution in [1.29, 1.82) is 5.26 Å². The molecule has 104 valence electrons. The average Bonchev–Trinajstić information content (AvgIpc) is 2.92. The molecule has 0 amide bonds. The van der Waals surface area contributed by atoms with Crippen LogP contribution in [-0.4, -0.2) is 14.4 Å². The topological polar surface area (TPSA) is 63.2 Å². The molecule has 0 radical (unpaired) electrons. The van der Waals surface area contributed by atoms with E-state index < -0.39 is 5.82 Å². The molecule has 0 bridgehead atoms. The van der Waals surface area contributed by atoms with Crippen molar-refractivity contribution in [3.63, 3.8) is 0 Å². The molecule has 1 unspecified atom stereocenters. The summed E-state index contributed by atoms with van der Waals surface area (Å²) in [4.78, 5) is 8.13. The molecular weight excluding hydrogens is 271 g/mol. The van der Waals surface area contributed by atoms with Gasteiger partial charge in [0.05, 0.1) is 18.1 Å². The molecule has 0 aliphatic rings. The first-order valence-corrected chi connectivity index (χ1v) is 6.33. The van der Waals surface area contributed by atoms with E-state index in [-0.39, 0.29) is 6.10 Å². The lowest BCUT2D eigenvalue weighted by molar-refractivity contribution is 0.209. The summed E-state index contributed by atoms with van der Waals surface area (Å²) in [6.07, 6.45) is 2.25. The summed E-state index contributed by atoms with van der Waals surface area (Å²) >= 11 is 0. The number of rotatable bonds is 3. The summed E-state index contributed by atoms with van der Waals surface area (Å²) in [5.74, 6) is 0.0922. The number of pyridine rings is 2. The van der Waals surface area contributed by atoms with Crippen LogP contribution in [0, 0.1) is 17.1 Å². The van der Waals surface area contributed by atoms with E-state index in [1.807, 2.05) is 6.92 Å². The predicted molar refractivity (Wildman–Crippen MR) is 73.1 cm³/mol. The lowest BCUT2D eigenvalue weighted by Gasteiger charge is -2.15. The molecule has 21 heavy (non-hydrogen) atoms. The van der Waals surface area contributed by atoms with Crippen LogP contribution in [0.1, 0.15) is 24.4 Å². The van der Waals surface area contributed by atoms with Gasteiger partial charge in [0.15, 0.2) is 0 Å². The van der Waals surface area contributed by atoms with Crippen LogP contribution >= 0.6 is 0 Å². The maximum atomic E-state index is 12.9.